The van der Waals surface area contributed by atoms with Gasteiger partial charge in [-0.15, -0.1) is 0 Å². The largest absolute Gasteiger partial charge is 0.493 e. The summed E-state index contributed by atoms with van der Waals surface area (Å²) in [4.78, 5) is 15.8. The van der Waals surface area contributed by atoms with Crippen LogP contribution < -0.4 is 9.47 Å². The SMILES string of the molecule is COc1ccc(C(=O)O[C@H]2CC[C@@]3(C)[C@H]4CC[C@H]5[C@@]6(O)[C@H](C[C@@]53O[C@]24O)[C@@H]2CN3C[C@H](C)CC[C@@H]3[C@@](C)(O)[C@@H]2[C@@H](O)[C@@H]6O)cc1OC. The Morgan fingerprint density at radius 3 is 2.40 bits per heavy atom. The van der Waals surface area contributed by atoms with Crippen LogP contribution in [0.3, 0.4) is 0 Å². The van der Waals surface area contributed by atoms with Gasteiger partial charge in [-0.1, -0.05) is 13.8 Å². The van der Waals surface area contributed by atoms with Crippen molar-refractivity contribution in [2.24, 2.45) is 40.9 Å². The molecule has 0 amide bonds. The van der Waals surface area contributed by atoms with E-state index in [1.165, 1.54) is 14.2 Å². The first-order valence-electron chi connectivity index (χ1n) is 17.6. The molecule has 0 unspecified atom stereocenters. The van der Waals surface area contributed by atoms with Gasteiger partial charge in [0, 0.05) is 42.3 Å². The first-order valence-corrected chi connectivity index (χ1v) is 17.6. The number of hydrogen-bond donors (Lipinski definition) is 5. The van der Waals surface area contributed by atoms with Gasteiger partial charge >= 0.3 is 5.97 Å². The topological polar surface area (TPSA) is 158 Å². The van der Waals surface area contributed by atoms with E-state index < -0.39 is 70.0 Å². The van der Waals surface area contributed by atoms with Crippen molar-refractivity contribution in [3.05, 3.63) is 23.8 Å². The molecule has 1 aromatic carbocycles. The zero-order valence-corrected chi connectivity index (χ0v) is 28.1. The van der Waals surface area contributed by atoms with Crippen LogP contribution >= 0.6 is 0 Å². The van der Waals surface area contributed by atoms with Crippen molar-refractivity contribution in [2.75, 3.05) is 27.3 Å². The van der Waals surface area contributed by atoms with Crippen molar-refractivity contribution in [2.45, 2.75) is 113 Å². The normalized spacial score (nSPS) is 52.9. The van der Waals surface area contributed by atoms with Gasteiger partial charge in [0.1, 0.15) is 11.7 Å². The van der Waals surface area contributed by atoms with Gasteiger partial charge in [0.2, 0.25) is 5.79 Å². The molecule has 4 bridgehead atoms. The van der Waals surface area contributed by atoms with Gasteiger partial charge in [0.05, 0.1) is 37.1 Å². The number of carbonyl (C=O) groups is 1. The molecule has 4 aliphatic carbocycles. The molecule has 3 heterocycles. The summed E-state index contributed by atoms with van der Waals surface area (Å²) in [6.45, 7) is 7.60. The zero-order chi connectivity index (χ0) is 33.5. The highest BCUT2D eigenvalue weighted by Crippen LogP contribution is 2.77. The summed E-state index contributed by atoms with van der Waals surface area (Å²) in [5, 5.41) is 61.1. The molecule has 47 heavy (non-hydrogen) atoms. The lowest BCUT2D eigenvalue weighted by Gasteiger charge is -2.63. The minimum Gasteiger partial charge on any atom is -0.493 e. The van der Waals surface area contributed by atoms with Crippen LogP contribution in [0.15, 0.2) is 18.2 Å². The van der Waals surface area contributed by atoms with Crippen molar-refractivity contribution < 1.29 is 49.3 Å². The summed E-state index contributed by atoms with van der Waals surface area (Å²) in [7, 11) is 3.01. The molecular weight excluding hydrogens is 606 g/mol. The number of piperidine rings is 2. The molecule has 15 atom stereocenters. The molecule has 11 heteroatoms. The van der Waals surface area contributed by atoms with E-state index in [4.69, 9.17) is 18.9 Å². The quantitative estimate of drug-likeness (QED) is 0.302. The van der Waals surface area contributed by atoms with Gasteiger partial charge in [-0.2, -0.15) is 0 Å². The fourth-order valence-electron chi connectivity index (χ4n) is 12.7. The predicted octanol–water partition coefficient (Wildman–Crippen LogP) is 2.10. The van der Waals surface area contributed by atoms with Crippen molar-refractivity contribution in [3.63, 3.8) is 0 Å². The molecule has 4 saturated carbocycles. The molecule has 5 N–H and O–H groups in total. The van der Waals surface area contributed by atoms with Crippen molar-refractivity contribution in [1.82, 2.24) is 4.90 Å². The monoisotopic (exact) mass is 657 g/mol. The maximum absolute atomic E-state index is 13.5. The molecular formula is C36H51NO10. The number of fused-ring (bicyclic) bond motifs is 5. The third kappa shape index (κ3) is 3.91. The van der Waals surface area contributed by atoms with E-state index in [1.54, 1.807) is 25.1 Å². The Balaban J connectivity index is 1.14. The smallest absolute Gasteiger partial charge is 0.338 e. The van der Waals surface area contributed by atoms with Crippen LogP contribution in [0.25, 0.3) is 0 Å². The molecule has 11 nitrogen and oxygen atoms in total. The number of ether oxygens (including phenoxy) is 4. The van der Waals surface area contributed by atoms with Gasteiger partial charge in [-0.3, -0.25) is 4.90 Å². The third-order valence-electron chi connectivity index (χ3n) is 14.7. The fraction of sp³-hybridized carbons (Fsp3) is 0.806. The Bertz CT molecular complexity index is 1450. The van der Waals surface area contributed by atoms with E-state index in [9.17, 15) is 30.3 Å². The Morgan fingerprint density at radius 2 is 1.68 bits per heavy atom. The summed E-state index contributed by atoms with van der Waals surface area (Å²) < 4.78 is 23.7. The number of aliphatic hydroxyl groups excluding tert-OH is 2. The Labute approximate surface area is 276 Å². The molecule has 3 aliphatic heterocycles. The Morgan fingerprint density at radius 1 is 0.957 bits per heavy atom. The number of aliphatic hydroxyl groups is 5. The van der Waals surface area contributed by atoms with Gasteiger partial charge in [-0.05, 0) is 87.8 Å². The predicted molar refractivity (Wildman–Crippen MR) is 168 cm³/mol. The number of hydrogen-bond acceptors (Lipinski definition) is 11. The Hall–Kier alpha value is -1.99. The summed E-state index contributed by atoms with van der Waals surface area (Å²) >= 11 is 0. The lowest BCUT2D eigenvalue weighted by atomic mass is 9.49. The van der Waals surface area contributed by atoms with Crippen molar-refractivity contribution in [1.29, 1.82) is 0 Å². The lowest BCUT2D eigenvalue weighted by molar-refractivity contribution is -0.290. The summed E-state index contributed by atoms with van der Waals surface area (Å²) in [5.74, 6) is -3.32. The van der Waals surface area contributed by atoms with Gasteiger partial charge < -0.3 is 44.5 Å². The van der Waals surface area contributed by atoms with Crippen LogP contribution in [-0.2, 0) is 9.47 Å². The van der Waals surface area contributed by atoms with Crippen molar-refractivity contribution in [3.8, 4) is 11.5 Å². The fourth-order valence-corrected chi connectivity index (χ4v) is 12.7. The maximum Gasteiger partial charge on any atom is 0.338 e. The van der Waals surface area contributed by atoms with Crippen LogP contribution in [0.4, 0.5) is 0 Å². The van der Waals surface area contributed by atoms with Gasteiger partial charge in [-0.25, -0.2) is 4.79 Å². The van der Waals surface area contributed by atoms with Crippen LogP contribution in [-0.4, -0.2) is 111 Å². The molecule has 3 saturated heterocycles. The lowest BCUT2D eigenvalue weighted by Crippen LogP contribution is -2.76. The number of esters is 1. The summed E-state index contributed by atoms with van der Waals surface area (Å²) in [5.41, 5.74) is -4.24. The van der Waals surface area contributed by atoms with Crippen LogP contribution in [0.2, 0.25) is 0 Å². The van der Waals surface area contributed by atoms with Gasteiger partial charge in [0.25, 0.3) is 0 Å². The number of carbonyl (C=O) groups excluding carboxylic acids is 1. The molecule has 8 rings (SSSR count). The average Bonchev–Trinajstić information content (AvgIpc) is 3.28. The molecule has 1 aromatic rings. The first-order chi connectivity index (χ1) is 22.2. The van der Waals surface area contributed by atoms with Crippen molar-refractivity contribution >= 4 is 5.97 Å². The second-order valence-electron chi connectivity index (χ2n) is 16.5. The highest BCUT2D eigenvalue weighted by Gasteiger charge is 2.85. The standard InChI is InChI=1S/C36H51NO10/c1-18-6-11-26-33(3,41)28-20(17-37(26)16-18)21-15-34-25(35(21,42)30(39)29(28)38)10-9-24-32(34,2)13-12-27(36(24,43)47-34)46-31(40)19-7-8-22(44-4)23(14-19)45-5/h7-8,14,18,20-21,24-30,38-39,41-43H,6,9-13,15-17H2,1-5H3/t18-,20+,21-,24-,25-,26-,27+,28+,29-,30+,32+,33-,34-,35+,36+/m1/s1. The van der Waals surface area contributed by atoms with E-state index in [0.717, 1.165) is 19.4 Å². The number of benzene rings is 1. The number of rotatable bonds is 4. The second kappa shape index (κ2) is 10.3. The molecule has 260 valence electrons. The average molecular weight is 658 g/mol. The van der Waals surface area contributed by atoms with Gasteiger partial charge in [0.15, 0.2) is 17.6 Å². The minimum atomic E-state index is -1.79. The van der Waals surface area contributed by atoms with Crippen LogP contribution in [0.1, 0.15) is 76.1 Å². The highest BCUT2D eigenvalue weighted by molar-refractivity contribution is 5.90. The van der Waals surface area contributed by atoms with E-state index >= 15 is 0 Å². The second-order valence-corrected chi connectivity index (χ2v) is 16.5. The van der Waals surface area contributed by atoms with Crippen LogP contribution in [0.5, 0.6) is 11.5 Å². The van der Waals surface area contributed by atoms with Crippen LogP contribution in [0, 0.1) is 40.9 Å². The third-order valence-corrected chi connectivity index (χ3v) is 14.7. The van der Waals surface area contributed by atoms with E-state index in [1.807, 2.05) is 0 Å². The molecule has 1 spiro atoms. The van der Waals surface area contributed by atoms with E-state index in [0.29, 0.717) is 56.1 Å². The number of nitrogens with zero attached hydrogens (tertiary/aromatic N) is 1. The molecule has 7 fully saturated rings. The molecule has 0 aromatic heterocycles. The summed E-state index contributed by atoms with van der Waals surface area (Å²) in [6.07, 6.45) is 0.454. The maximum atomic E-state index is 13.5. The summed E-state index contributed by atoms with van der Waals surface area (Å²) in [6, 6.07) is 4.65. The molecule has 0 radical (unpaired) electrons. The van der Waals surface area contributed by atoms with E-state index in [-0.39, 0.29) is 23.4 Å². The Kier molecular flexibility index (Phi) is 7.05. The highest BCUT2D eigenvalue weighted by atomic mass is 16.7. The van der Waals surface area contributed by atoms with E-state index in [2.05, 4.69) is 18.7 Å². The zero-order valence-electron chi connectivity index (χ0n) is 28.1. The minimum absolute atomic E-state index is 0.125. The first kappa shape index (κ1) is 32.2. The molecule has 7 aliphatic rings. The number of methoxy groups -OCH3 is 2.